The summed E-state index contributed by atoms with van der Waals surface area (Å²) in [6.07, 6.45) is 0. The Morgan fingerprint density at radius 1 is 1.00 bits per heavy atom. The average molecular weight is 530 g/mol. The van der Waals surface area contributed by atoms with Crippen LogP contribution in [0.3, 0.4) is 0 Å². The van der Waals surface area contributed by atoms with Crippen molar-refractivity contribution in [3.63, 3.8) is 0 Å². The highest BCUT2D eigenvalue weighted by Crippen LogP contribution is 2.31. The summed E-state index contributed by atoms with van der Waals surface area (Å²) in [5.41, 5.74) is -0.147. The van der Waals surface area contributed by atoms with E-state index in [9.17, 15) is 14.4 Å². The van der Waals surface area contributed by atoms with Gasteiger partial charge in [-0.15, -0.1) is 11.3 Å². The lowest BCUT2D eigenvalue weighted by molar-refractivity contribution is -0.118. The van der Waals surface area contributed by atoms with Crippen LogP contribution in [0.2, 0.25) is 0 Å². The molecule has 0 saturated heterocycles. The number of rotatable bonds is 8. The topological polar surface area (TPSA) is 109 Å². The number of hydrogen-bond acceptors (Lipinski definition) is 8. The highest BCUT2D eigenvalue weighted by molar-refractivity contribution is 7.16. The molecular weight excluding hydrogens is 506 g/mol. The molecule has 0 fully saturated rings. The number of benzene rings is 3. The van der Waals surface area contributed by atoms with Crippen molar-refractivity contribution >= 4 is 49.8 Å². The van der Waals surface area contributed by atoms with Gasteiger partial charge in [-0.3, -0.25) is 9.59 Å². The highest BCUT2D eigenvalue weighted by atomic mass is 32.1. The van der Waals surface area contributed by atoms with Gasteiger partial charge >= 0.3 is 5.97 Å². The van der Waals surface area contributed by atoms with Gasteiger partial charge in [0.2, 0.25) is 0 Å². The van der Waals surface area contributed by atoms with Crippen LogP contribution >= 0.6 is 11.3 Å². The molecule has 0 bridgehead atoms. The molecule has 2 heterocycles. The smallest absolute Gasteiger partial charge is 0.359 e. The van der Waals surface area contributed by atoms with E-state index in [0.29, 0.717) is 22.6 Å². The van der Waals surface area contributed by atoms with Crippen LogP contribution in [-0.4, -0.2) is 42.0 Å². The summed E-state index contributed by atoms with van der Waals surface area (Å²) in [6.45, 7) is 1.56. The van der Waals surface area contributed by atoms with Gasteiger partial charge in [0.05, 0.1) is 24.8 Å². The molecule has 0 unspecified atom stereocenters. The molecular formula is C28H23N3O6S. The maximum absolute atomic E-state index is 13.6. The molecule has 9 nitrogen and oxygen atoms in total. The zero-order valence-corrected chi connectivity index (χ0v) is 21.4. The second-order valence-corrected chi connectivity index (χ2v) is 9.07. The molecule has 0 saturated carbocycles. The molecule has 1 N–H and O–H groups in total. The van der Waals surface area contributed by atoms with Crippen molar-refractivity contribution in [3.05, 3.63) is 88.2 Å². The largest absolute Gasteiger partial charge is 0.497 e. The lowest BCUT2D eigenvalue weighted by Crippen LogP contribution is -2.26. The van der Waals surface area contributed by atoms with Crippen molar-refractivity contribution in [2.24, 2.45) is 0 Å². The van der Waals surface area contributed by atoms with Crippen molar-refractivity contribution in [2.75, 3.05) is 25.6 Å². The minimum absolute atomic E-state index is 0.0339. The predicted octanol–water partition coefficient (Wildman–Crippen LogP) is 4.80. The molecule has 2 aromatic heterocycles. The molecule has 5 aromatic rings. The highest BCUT2D eigenvalue weighted by Gasteiger charge is 2.23. The molecule has 3 aromatic carbocycles. The number of hydrogen-bond donors (Lipinski definition) is 1. The number of amides is 1. The molecule has 5 rings (SSSR count). The third-order valence-electron chi connectivity index (χ3n) is 5.76. The minimum atomic E-state index is -0.676. The van der Waals surface area contributed by atoms with Crippen molar-refractivity contribution in [1.29, 1.82) is 0 Å². The summed E-state index contributed by atoms with van der Waals surface area (Å²) in [4.78, 5) is 39.1. The quantitative estimate of drug-likeness (QED) is 0.288. The number of anilines is 1. The number of carbonyl (C=O) groups excluding carboxylic acids is 2. The molecule has 0 spiro atoms. The van der Waals surface area contributed by atoms with Gasteiger partial charge in [-0.05, 0) is 42.0 Å². The maximum atomic E-state index is 13.6. The Hall–Kier alpha value is -4.70. The monoisotopic (exact) mass is 529 g/mol. The first-order valence-corrected chi connectivity index (χ1v) is 12.6. The Labute approximate surface area is 221 Å². The summed E-state index contributed by atoms with van der Waals surface area (Å²) in [5.74, 6) is -0.0732. The fraction of sp³-hybridized carbons (Fsp3) is 0.143. The standard InChI is InChI=1S/C28H23N3O6S/c1-3-36-28(34)25-22-16-38-26(24(22)27(33)31(30-25)19-9-6-10-20(14-19)35-2)29-23(32)15-37-21-12-11-17-7-4-5-8-18(17)13-21/h4-14,16H,3,15H2,1-2H3,(H,29,32). The second kappa shape index (κ2) is 10.7. The fourth-order valence-corrected chi connectivity index (χ4v) is 4.93. The predicted molar refractivity (Wildman–Crippen MR) is 146 cm³/mol. The lowest BCUT2D eigenvalue weighted by atomic mass is 10.1. The van der Waals surface area contributed by atoms with E-state index in [2.05, 4.69) is 10.4 Å². The molecule has 0 aliphatic heterocycles. The first-order chi connectivity index (χ1) is 18.5. The van der Waals surface area contributed by atoms with E-state index in [0.717, 1.165) is 26.8 Å². The average Bonchev–Trinajstić information content (AvgIpc) is 3.36. The summed E-state index contributed by atoms with van der Waals surface area (Å²) in [5, 5.41) is 11.4. The van der Waals surface area contributed by atoms with E-state index in [1.807, 2.05) is 36.4 Å². The summed E-state index contributed by atoms with van der Waals surface area (Å²) >= 11 is 1.12. The first kappa shape index (κ1) is 25.0. The van der Waals surface area contributed by atoms with Crippen LogP contribution in [0.25, 0.3) is 27.2 Å². The van der Waals surface area contributed by atoms with Gasteiger partial charge in [-0.25, -0.2) is 4.79 Å². The number of esters is 1. The Bertz CT molecular complexity index is 1730. The summed E-state index contributed by atoms with van der Waals surface area (Å²) < 4.78 is 17.2. The number of nitrogens with one attached hydrogen (secondary N) is 1. The van der Waals surface area contributed by atoms with Crippen LogP contribution in [0.15, 0.2) is 76.9 Å². The van der Waals surface area contributed by atoms with Crippen molar-refractivity contribution < 1.29 is 23.8 Å². The molecule has 10 heteroatoms. The zero-order valence-electron chi connectivity index (χ0n) is 20.6. The van der Waals surface area contributed by atoms with E-state index in [1.165, 1.54) is 7.11 Å². The lowest BCUT2D eigenvalue weighted by Gasteiger charge is -2.11. The van der Waals surface area contributed by atoms with Crippen LogP contribution in [0.1, 0.15) is 17.4 Å². The third-order valence-corrected chi connectivity index (χ3v) is 6.66. The van der Waals surface area contributed by atoms with E-state index in [4.69, 9.17) is 14.2 Å². The van der Waals surface area contributed by atoms with Crippen molar-refractivity contribution in [3.8, 4) is 17.2 Å². The molecule has 0 atom stereocenters. The second-order valence-electron chi connectivity index (χ2n) is 8.19. The van der Waals surface area contributed by atoms with Crippen molar-refractivity contribution in [2.45, 2.75) is 6.92 Å². The van der Waals surface area contributed by atoms with Crippen LogP contribution in [0.5, 0.6) is 11.5 Å². The van der Waals surface area contributed by atoms with Crippen molar-refractivity contribution in [1.82, 2.24) is 9.78 Å². The van der Waals surface area contributed by atoms with Crippen LogP contribution in [-0.2, 0) is 9.53 Å². The van der Waals surface area contributed by atoms with Gasteiger partial charge < -0.3 is 19.5 Å². The number of thiophene rings is 1. The molecule has 0 aliphatic carbocycles. The molecule has 38 heavy (non-hydrogen) atoms. The third kappa shape index (κ3) is 4.94. The van der Waals surface area contributed by atoms with E-state index in [1.54, 1.807) is 42.6 Å². The van der Waals surface area contributed by atoms with Gasteiger partial charge in [-0.1, -0.05) is 36.4 Å². The van der Waals surface area contributed by atoms with E-state index < -0.39 is 17.4 Å². The van der Waals surface area contributed by atoms with Crippen LogP contribution in [0, 0.1) is 0 Å². The van der Waals surface area contributed by atoms with Gasteiger partial charge in [-0.2, -0.15) is 9.78 Å². The number of carbonyl (C=O) groups is 2. The van der Waals surface area contributed by atoms with Gasteiger partial charge in [0.25, 0.3) is 11.5 Å². The number of aromatic nitrogens is 2. The summed E-state index contributed by atoms with van der Waals surface area (Å²) in [6, 6.07) is 20.1. The molecule has 0 aliphatic rings. The SMILES string of the molecule is CCOC(=O)c1nn(-c2cccc(OC)c2)c(=O)c2c(NC(=O)COc3ccc4ccccc4c3)scc12. The van der Waals surface area contributed by atoms with E-state index in [-0.39, 0.29) is 29.3 Å². The summed E-state index contributed by atoms with van der Waals surface area (Å²) in [7, 11) is 1.51. The molecule has 1 amide bonds. The molecule has 0 radical (unpaired) electrons. The van der Waals surface area contributed by atoms with Crippen LogP contribution in [0.4, 0.5) is 5.00 Å². The Kier molecular flexibility index (Phi) is 7.05. The Morgan fingerprint density at radius 2 is 1.82 bits per heavy atom. The minimum Gasteiger partial charge on any atom is -0.497 e. The number of ether oxygens (including phenoxy) is 3. The number of methoxy groups -OCH3 is 1. The van der Waals surface area contributed by atoms with Crippen LogP contribution < -0.4 is 20.3 Å². The fourth-order valence-electron chi connectivity index (χ4n) is 3.98. The number of nitrogens with zero attached hydrogens (tertiary/aromatic N) is 2. The normalized spacial score (nSPS) is 10.9. The Morgan fingerprint density at radius 3 is 2.61 bits per heavy atom. The van der Waals surface area contributed by atoms with Gasteiger partial charge in [0, 0.05) is 16.8 Å². The Balaban J connectivity index is 1.47. The maximum Gasteiger partial charge on any atom is 0.359 e. The van der Waals surface area contributed by atoms with Gasteiger partial charge in [0.1, 0.15) is 16.5 Å². The van der Waals surface area contributed by atoms with E-state index >= 15 is 0 Å². The number of fused-ring (bicyclic) bond motifs is 2. The van der Waals surface area contributed by atoms with Gasteiger partial charge in [0.15, 0.2) is 12.3 Å². The first-order valence-electron chi connectivity index (χ1n) is 11.8. The zero-order chi connectivity index (χ0) is 26.6. The molecule has 192 valence electrons.